The molecule has 1 fully saturated rings. The number of hydrogen-bond acceptors (Lipinski definition) is 4. The fourth-order valence-corrected chi connectivity index (χ4v) is 5.18. The molecule has 2 aromatic carbocycles. The largest absolute Gasteiger partial charge is 0.417 e. The molecule has 0 bridgehead atoms. The molecule has 1 aliphatic rings. The lowest BCUT2D eigenvalue weighted by Gasteiger charge is -2.33. The van der Waals surface area contributed by atoms with Crippen LogP contribution in [0.15, 0.2) is 59.5 Å². The number of piperidine rings is 1. The van der Waals surface area contributed by atoms with Crippen molar-refractivity contribution in [3.63, 3.8) is 0 Å². The van der Waals surface area contributed by atoms with Crippen LogP contribution in [0.2, 0.25) is 0 Å². The zero-order valence-electron chi connectivity index (χ0n) is 17.3. The molecule has 1 heterocycles. The Morgan fingerprint density at radius 2 is 1.56 bits per heavy atom. The Kier molecular flexibility index (Phi) is 7.04. The molecule has 172 valence electrons. The molecule has 10 heteroatoms. The highest BCUT2D eigenvalue weighted by Gasteiger charge is 2.38. The van der Waals surface area contributed by atoms with Crippen molar-refractivity contribution >= 4 is 21.7 Å². The van der Waals surface area contributed by atoms with Crippen molar-refractivity contribution in [2.24, 2.45) is 5.92 Å². The van der Waals surface area contributed by atoms with Crippen LogP contribution in [0.3, 0.4) is 0 Å². The van der Waals surface area contributed by atoms with E-state index < -0.39 is 38.6 Å². The van der Waals surface area contributed by atoms with Crippen LogP contribution in [-0.2, 0) is 21.0 Å². The molecular formula is C22H23F3N2O4S. The summed E-state index contributed by atoms with van der Waals surface area (Å²) in [5.41, 5.74) is -0.700. The molecule has 32 heavy (non-hydrogen) atoms. The number of sulfonamides is 1. The predicted molar refractivity (Wildman–Crippen MR) is 111 cm³/mol. The molecule has 0 aromatic heterocycles. The summed E-state index contributed by atoms with van der Waals surface area (Å²) in [6.07, 6.45) is -4.00. The Bertz CT molecular complexity index is 1080. The van der Waals surface area contributed by atoms with E-state index in [1.54, 1.807) is 24.3 Å². The maximum atomic E-state index is 13.2. The molecule has 2 aromatic rings. The average molecular weight is 468 g/mol. The average Bonchev–Trinajstić information content (AvgIpc) is 2.78. The van der Waals surface area contributed by atoms with Gasteiger partial charge in [-0.25, -0.2) is 8.42 Å². The number of benzene rings is 2. The topological polar surface area (TPSA) is 83.6 Å². The van der Waals surface area contributed by atoms with Crippen LogP contribution in [0.1, 0.15) is 35.7 Å². The molecule has 1 atom stereocenters. The van der Waals surface area contributed by atoms with Crippen LogP contribution < -0.4 is 4.72 Å². The van der Waals surface area contributed by atoms with Crippen LogP contribution in [0.5, 0.6) is 0 Å². The van der Waals surface area contributed by atoms with E-state index in [1.165, 1.54) is 17.9 Å². The quantitative estimate of drug-likeness (QED) is 0.658. The number of hydrogen-bond donors (Lipinski definition) is 1. The fourth-order valence-electron chi connectivity index (χ4n) is 3.76. The first-order valence-corrected chi connectivity index (χ1v) is 11.6. The van der Waals surface area contributed by atoms with E-state index in [0.717, 1.165) is 12.1 Å². The predicted octanol–water partition coefficient (Wildman–Crippen LogP) is 3.49. The molecule has 0 aliphatic carbocycles. The monoisotopic (exact) mass is 468 g/mol. The summed E-state index contributed by atoms with van der Waals surface area (Å²) in [6, 6.07) is 11.4. The van der Waals surface area contributed by atoms with Crippen molar-refractivity contribution in [1.82, 2.24) is 9.62 Å². The number of Topliss-reactive ketones (excluding diaryl/α,β-unsaturated/α-hetero) is 1. The van der Waals surface area contributed by atoms with Crippen molar-refractivity contribution in [3.05, 3.63) is 65.7 Å². The lowest BCUT2D eigenvalue weighted by atomic mass is 9.89. The second-order valence-corrected chi connectivity index (χ2v) is 9.35. The number of carbonyl (C=O) groups is 2. The second-order valence-electron chi connectivity index (χ2n) is 7.67. The van der Waals surface area contributed by atoms with Crippen molar-refractivity contribution in [2.75, 3.05) is 13.1 Å². The SMILES string of the molecule is C[C@H](NS(=O)(=O)c1ccccc1C(F)(F)F)C(=O)N1CCC(C(=O)c2ccccc2)CC1. The number of ketones is 1. The molecule has 1 aliphatic heterocycles. The van der Waals surface area contributed by atoms with E-state index in [2.05, 4.69) is 4.72 Å². The van der Waals surface area contributed by atoms with Gasteiger partial charge >= 0.3 is 6.18 Å². The van der Waals surface area contributed by atoms with Crippen molar-refractivity contribution < 1.29 is 31.2 Å². The van der Waals surface area contributed by atoms with Crippen LogP contribution in [0, 0.1) is 5.92 Å². The molecule has 6 nitrogen and oxygen atoms in total. The third-order valence-electron chi connectivity index (χ3n) is 5.42. The molecule has 1 amide bonds. The maximum absolute atomic E-state index is 13.2. The number of nitrogens with one attached hydrogen (secondary N) is 1. The van der Waals surface area contributed by atoms with Gasteiger partial charge in [-0.15, -0.1) is 0 Å². The Morgan fingerprint density at radius 1 is 1.00 bits per heavy atom. The minimum Gasteiger partial charge on any atom is -0.341 e. The molecule has 0 saturated carbocycles. The summed E-state index contributed by atoms with van der Waals surface area (Å²) in [5, 5.41) is 0. The number of amides is 1. The van der Waals surface area contributed by atoms with Gasteiger partial charge in [-0.2, -0.15) is 17.9 Å². The van der Waals surface area contributed by atoms with Gasteiger partial charge in [-0.05, 0) is 31.9 Å². The van der Waals surface area contributed by atoms with Gasteiger partial charge in [-0.3, -0.25) is 9.59 Å². The fraction of sp³-hybridized carbons (Fsp3) is 0.364. The van der Waals surface area contributed by atoms with Gasteiger partial charge in [0.05, 0.1) is 16.5 Å². The number of carbonyl (C=O) groups excluding carboxylic acids is 2. The van der Waals surface area contributed by atoms with Crippen LogP contribution in [0.4, 0.5) is 13.2 Å². The smallest absolute Gasteiger partial charge is 0.341 e. The lowest BCUT2D eigenvalue weighted by molar-refractivity contribution is -0.139. The van der Waals surface area contributed by atoms with Gasteiger partial charge in [0, 0.05) is 24.6 Å². The Morgan fingerprint density at radius 3 is 2.16 bits per heavy atom. The highest BCUT2D eigenvalue weighted by molar-refractivity contribution is 7.89. The second kappa shape index (κ2) is 9.41. The minimum absolute atomic E-state index is 0.00444. The summed E-state index contributed by atoms with van der Waals surface area (Å²) < 4.78 is 66.8. The van der Waals surface area contributed by atoms with Crippen LogP contribution in [0.25, 0.3) is 0 Å². The van der Waals surface area contributed by atoms with Gasteiger partial charge in [0.25, 0.3) is 0 Å². The number of alkyl halides is 3. The Balaban J connectivity index is 1.64. The van der Waals surface area contributed by atoms with Gasteiger partial charge in [0.1, 0.15) is 0 Å². The van der Waals surface area contributed by atoms with Gasteiger partial charge in [0.2, 0.25) is 15.9 Å². The zero-order valence-corrected chi connectivity index (χ0v) is 18.1. The first kappa shape index (κ1) is 23.9. The minimum atomic E-state index is -4.86. The lowest BCUT2D eigenvalue weighted by Crippen LogP contribution is -2.50. The highest BCUT2D eigenvalue weighted by atomic mass is 32.2. The van der Waals surface area contributed by atoms with Crippen LogP contribution in [-0.4, -0.2) is 44.1 Å². The molecule has 3 rings (SSSR count). The summed E-state index contributed by atoms with van der Waals surface area (Å²) in [4.78, 5) is 25.8. The van der Waals surface area contributed by atoms with Gasteiger partial charge in [0.15, 0.2) is 5.78 Å². The first-order valence-electron chi connectivity index (χ1n) is 10.1. The molecular weight excluding hydrogens is 445 g/mol. The van der Waals surface area contributed by atoms with E-state index in [-0.39, 0.29) is 24.8 Å². The Labute approximate surface area is 184 Å². The van der Waals surface area contributed by atoms with Crippen molar-refractivity contribution in [3.8, 4) is 0 Å². The van der Waals surface area contributed by atoms with Crippen molar-refractivity contribution in [1.29, 1.82) is 0 Å². The summed E-state index contributed by atoms with van der Waals surface area (Å²) in [5.74, 6) is -0.800. The van der Waals surface area contributed by atoms with Gasteiger partial charge < -0.3 is 4.90 Å². The molecule has 0 radical (unpaired) electrons. The van der Waals surface area contributed by atoms with E-state index in [9.17, 15) is 31.2 Å². The van der Waals surface area contributed by atoms with E-state index in [4.69, 9.17) is 0 Å². The highest BCUT2D eigenvalue weighted by Crippen LogP contribution is 2.34. The van der Waals surface area contributed by atoms with E-state index in [1.807, 2.05) is 6.07 Å². The standard InChI is InChI=1S/C22H23F3N2O4S/c1-15(26-32(30,31)19-10-6-5-9-18(19)22(23,24)25)21(29)27-13-11-17(12-14-27)20(28)16-7-3-2-4-8-16/h2-10,15,17,26H,11-14H2,1H3/t15-/m0/s1. The number of likely N-dealkylation sites (tertiary alicyclic amines) is 1. The van der Waals surface area contributed by atoms with Gasteiger partial charge in [-0.1, -0.05) is 42.5 Å². The third-order valence-corrected chi connectivity index (χ3v) is 7.02. The van der Waals surface area contributed by atoms with Crippen LogP contribution >= 0.6 is 0 Å². The van der Waals surface area contributed by atoms with Crippen molar-refractivity contribution in [2.45, 2.75) is 36.9 Å². The van der Waals surface area contributed by atoms with E-state index in [0.29, 0.717) is 24.5 Å². The van der Waals surface area contributed by atoms with E-state index >= 15 is 0 Å². The summed E-state index contributed by atoms with van der Waals surface area (Å²) >= 11 is 0. The number of nitrogens with zero attached hydrogens (tertiary/aromatic N) is 1. The molecule has 0 spiro atoms. The third kappa shape index (κ3) is 5.36. The maximum Gasteiger partial charge on any atom is 0.417 e. The molecule has 1 N–H and O–H groups in total. The normalized spacial score (nSPS) is 16.6. The molecule has 0 unspecified atom stereocenters. The zero-order chi connectivity index (χ0) is 23.5. The first-order chi connectivity index (χ1) is 15.0. The summed E-state index contributed by atoms with van der Waals surface area (Å²) in [6.45, 7) is 1.80. The number of halogens is 3. The Hall–Kier alpha value is -2.72. The summed E-state index contributed by atoms with van der Waals surface area (Å²) in [7, 11) is -4.59. The molecule has 1 saturated heterocycles. The number of rotatable bonds is 6.